The van der Waals surface area contributed by atoms with E-state index in [-0.39, 0.29) is 48.9 Å². The highest BCUT2D eigenvalue weighted by Gasteiger charge is 2.49. The summed E-state index contributed by atoms with van der Waals surface area (Å²) in [5.41, 5.74) is 6.43. The third kappa shape index (κ3) is 4.99. The molecule has 0 saturated carbocycles. The first-order valence-corrected chi connectivity index (χ1v) is 15.5. The fourth-order valence-corrected chi connectivity index (χ4v) is 8.31. The quantitative estimate of drug-likeness (QED) is 0.416. The SMILES string of the molecule is C[C@]1(c2nc(-c3nc(OC[C@@]45CCCN4C[C@H](F)C5)nc(N4CCOC[C@@H](O)C4)n3)no2)CCCc2sc(N)c(C#N)c21. The lowest BCUT2D eigenvalue weighted by Crippen LogP contribution is -2.43. The monoisotopic (exact) mass is 611 g/mol. The molecular weight excluding hydrogens is 577 g/mol. The van der Waals surface area contributed by atoms with Crippen LogP contribution in [0.15, 0.2) is 4.52 Å². The summed E-state index contributed by atoms with van der Waals surface area (Å²) in [6, 6.07) is 2.33. The highest BCUT2D eigenvalue weighted by atomic mass is 32.1. The van der Waals surface area contributed by atoms with E-state index in [1.165, 1.54) is 11.3 Å². The number of β-amino-alcohol motifs (C(OH)–C–C–N with tert-alkyl or cyclic N) is 1. The first-order valence-electron chi connectivity index (χ1n) is 14.7. The van der Waals surface area contributed by atoms with Gasteiger partial charge in [-0.1, -0.05) is 5.16 Å². The summed E-state index contributed by atoms with van der Waals surface area (Å²) in [5.74, 6) is 0.932. The number of anilines is 2. The van der Waals surface area contributed by atoms with Crippen molar-refractivity contribution in [3.63, 3.8) is 0 Å². The van der Waals surface area contributed by atoms with Crippen molar-refractivity contribution in [2.45, 2.75) is 68.7 Å². The van der Waals surface area contributed by atoms with Gasteiger partial charge in [-0.3, -0.25) is 4.90 Å². The molecule has 0 radical (unpaired) electrons. The maximum absolute atomic E-state index is 14.4. The largest absolute Gasteiger partial charge is 0.461 e. The highest BCUT2D eigenvalue weighted by Crippen LogP contribution is 2.48. The molecular formula is C28H34FN9O4S. The van der Waals surface area contributed by atoms with Crippen LogP contribution in [0.2, 0.25) is 0 Å². The Balaban J connectivity index is 1.24. The lowest BCUT2D eigenvalue weighted by molar-refractivity contribution is 0.0597. The van der Waals surface area contributed by atoms with Crippen LogP contribution in [0.4, 0.5) is 15.3 Å². The molecule has 7 rings (SSSR count). The zero-order valence-corrected chi connectivity index (χ0v) is 24.8. The van der Waals surface area contributed by atoms with Gasteiger partial charge < -0.3 is 29.7 Å². The molecule has 0 unspecified atom stereocenters. The average Bonchev–Trinajstić information content (AvgIpc) is 3.73. The predicted molar refractivity (Wildman–Crippen MR) is 154 cm³/mol. The third-order valence-electron chi connectivity index (χ3n) is 9.21. The van der Waals surface area contributed by atoms with Gasteiger partial charge in [0.15, 0.2) is 0 Å². The van der Waals surface area contributed by atoms with Crippen LogP contribution in [0.3, 0.4) is 0 Å². The summed E-state index contributed by atoms with van der Waals surface area (Å²) in [5, 5.41) is 25.0. The molecule has 0 bridgehead atoms. The standard InChI is InChI=1S/C28H34FN9O4S/c1-27(5-2-4-19-20(27)18(11-30)21(31)43-19)24-32-23(36-42-24)22-33-25(37-8-9-40-14-17(39)13-37)35-26(34-22)41-15-28-6-3-7-38(28)12-16(29)10-28/h16-17,39H,2-10,12-15,31H2,1H3/t16-,17+,27+,28+/m1/s1. The molecule has 3 aromatic rings. The molecule has 0 spiro atoms. The number of aliphatic hydroxyl groups is 1. The van der Waals surface area contributed by atoms with E-state index in [0.717, 1.165) is 42.7 Å². The number of aliphatic hydroxyl groups excluding tert-OH is 1. The number of aromatic nitrogens is 5. The second-order valence-electron chi connectivity index (χ2n) is 12.1. The minimum absolute atomic E-state index is 0.0677. The fourth-order valence-electron chi connectivity index (χ4n) is 7.12. The van der Waals surface area contributed by atoms with Crippen molar-refractivity contribution in [1.29, 1.82) is 5.26 Å². The molecule has 15 heteroatoms. The summed E-state index contributed by atoms with van der Waals surface area (Å²) in [6.07, 6.45) is 3.09. The number of hydrogen-bond donors (Lipinski definition) is 2. The number of nitrogens with zero attached hydrogens (tertiary/aromatic N) is 8. The van der Waals surface area contributed by atoms with E-state index in [2.05, 4.69) is 31.1 Å². The number of halogens is 1. The van der Waals surface area contributed by atoms with Gasteiger partial charge in [0.25, 0.3) is 0 Å². The lowest BCUT2D eigenvalue weighted by atomic mass is 9.72. The Kier molecular flexibility index (Phi) is 7.19. The summed E-state index contributed by atoms with van der Waals surface area (Å²) in [7, 11) is 0. The van der Waals surface area contributed by atoms with Gasteiger partial charge in [-0.15, -0.1) is 11.3 Å². The number of fused-ring (bicyclic) bond motifs is 2. The van der Waals surface area contributed by atoms with Crippen LogP contribution in [0.1, 0.15) is 60.9 Å². The number of nitriles is 1. The lowest BCUT2D eigenvalue weighted by Gasteiger charge is -2.31. The Morgan fingerprint density at radius 1 is 1.19 bits per heavy atom. The number of alkyl halides is 1. The Bertz CT molecular complexity index is 1560. The summed E-state index contributed by atoms with van der Waals surface area (Å²) >= 11 is 1.44. The Morgan fingerprint density at radius 2 is 2.07 bits per heavy atom. The predicted octanol–water partition coefficient (Wildman–Crippen LogP) is 2.23. The number of thiophene rings is 1. The molecule has 6 heterocycles. The third-order valence-corrected chi connectivity index (χ3v) is 10.3. The van der Waals surface area contributed by atoms with Gasteiger partial charge in [0.1, 0.15) is 23.8 Å². The molecule has 3 aliphatic heterocycles. The zero-order chi connectivity index (χ0) is 29.8. The summed E-state index contributed by atoms with van der Waals surface area (Å²) in [4.78, 5) is 23.6. The fraction of sp³-hybridized carbons (Fsp3) is 0.643. The Morgan fingerprint density at radius 3 is 2.93 bits per heavy atom. The number of rotatable bonds is 6. The number of ether oxygens (including phenoxy) is 2. The van der Waals surface area contributed by atoms with E-state index >= 15 is 0 Å². The van der Waals surface area contributed by atoms with Crippen LogP contribution in [-0.4, -0.2) is 98.9 Å². The maximum atomic E-state index is 14.4. The van der Waals surface area contributed by atoms with E-state index in [0.29, 0.717) is 49.0 Å². The molecule has 4 aliphatic rings. The van der Waals surface area contributed by atoms with Gasteiger partial charge >= 0.3 is 6.01 Å². The Hall–Kier alpha value is -3.45. The molecule has 0 amide bonds. The van der Waals surface area contributed by atoms with E-state index < -0.39 is 17.7 Å². The molecule has 3 saturated heterocycles. The minimum atomic E-state index is -0.883. The number of nitrogen functional groups attached to an aromatic ring is 1. The second-order valence-corrected chi connectivity index (χ2v) is 13.3. The van der Waals surface area contributed by atoms with Crippen molar-refractivity contribution < 1.29 is 23.5 Å². The van der Waals surface area contributed by atoms with E-state index in [4.69, 9.17) is 24.7 Å². The van der Waals surface area contributed by atoms with Crippen LogP contribution in [0, 0.1) is 11.3 Å². The average molecular weight is 612 g/mol. The second kappa shape index (κ2) is 10.9. The van der Waals surface area contributed by atoms with Gasteiger partial charge in [-0.25, -0.2) is 4.39 Å². The molecule has 3 N–H and O–H groups in total. The van der Waals surface area contributed by atoms with Gasteiger partial charge in [0.05, 0.1) is 35.8 Å². The molecule has 13 nitrogen and oxygen atoms in total. The first-order chi connectivity index (χ1) is 20.8. The minimum Gasteiger partial charge on any atom is -0.461 e. The van der Waals surface area contributed by atoms with Gasteiger partial charge in [0, 0.05) is 36.5 Å². The molecule has 43 heavy (non-hydrogen) atoms. The first kappa shape index (κ1) is 28.3. The van der Waals surface area contributed by atoms with Crippen LogP contribution in [0.25, 0.3) is 11.6 Å². The number of nitrogens with two attached hydrogens (primary N) is 1. The highest BCUT2D eigenvalue weighted by molar-refractivity contribution is 7.16. The van der Waals surface area contributed by atoms with Crippen molar-refractivity contribution in [2.75, 3.05) is 56.6 Å². The number of aryl methyl sites for hydroxylation is 1. The topological polar surface area (TPSA) is 173 Å². The van der Waals surface area contributed by atoms with E-state index in [1.54, 1.807) is 0 Å². The molecule has 3 aromatic heterocycles. The van der Waals surface area contributed by atoms with Crippen molar-refractivity contribution in [3.05, 3.63) is 21.9 Å². The van der Waals surface area contributed by atoms with Crippen LogP contribution in [0.5, 0.6) is 6.01 Å². The normalized spacial score (nSPS) is 29.2. The molecule has 1 aliphatic carbocycles. The van der Waals surface area contributed by atoms with Crippen molar-refractivity contribution in [1.82, 2.24) is 30.0 Å². The Labute approximate surface area is 251 Å². The summed E-state index contributed by atoms with van der Waals surface area (Å²) in [6.45, 7) is 4.83. The van der Waals surface area contributed by atoms with Crippen LogP contribution in [-0.2, 0) is 16.6 Å². The molecule has 228 valence electrons. The van der Waals surface area contributed by atoms with Crippen molar-refractivity contribution in [3.8, 4) is 23.7 Å². The molecule has 0 aromatic carbocycles. The maximum Gasteiger partial charge on any atom is 0.321 e. The van der Waals surface area contributed by atoms with E-state index in [1.807, 2.05) is 11.8 Å². The van der Waals surface area contributed by atoms with Gasteiger partial charge in [-0.2, -0.15) is 25.2 Å². The van der Waals surface area contributed by atoms with Gasteiger partial charge in [0.2, 0.25) is 23.5 Å². The number of hydrogen-bond acceptors (Lipinski definition) is 14. The van der Waals surface area contributed by atoms with Crippen LogP contribution >= 0.6 is 11.3 Å². The van der Waals surface area contributed by atoms with E-state index in [9.17, 15) is 14.8 Å². The smallest absolute Gasteiger partial charge is 0.321 e. The van der Waals surface area contributed by atoms with Crippen LogP contribution < -0.4 is 15.4 Å². The zero-order valence-electron chi connectivity index (χ0n) is 24.0. The van der Waals surface area contributed by atoms with Crippen molar-refractivity contribution in [2.24, 2.45) is 0 Å². The van der Waals surface area contributed by atoms with Crippen molar-refractivity contribution >= 4 is 22.3 Å². The van der Waals surface area contributed by atoms with Gasteiger partial charge in [-0.05, 0) is 45.6 Å². The molecule has 3 fully saturated rings. The summed E-state index contributed by atoms with van der Waals surface area (Å²) < 4.78 is 31.9. The molecule has 4 atom stereocenters.